The SMILES string of the molecule is CC[C@H](C#N)S(=O)(=O)N(C)C1CCN(C2CCC(C)CC2)CC1. The van der Waals surface area contributed by atoms with E-state index in [0.717, 1.165) is 31.8 Å². The van der Waals surface area contributed by atoms with Crippen molar-refractivity contribution in [1.82, 2.24) is 9.21 Å². The third-order valence-electron chi connectivity index (χ3n) is 5.79. The van der Waals surface area contributed by atoms with Crippen molar-refractivity contribution in [2.75, 3.05) is 20.1 Å². The Morgan fingerprint density at radius 3 is 2.22 bits per heavy atom. The second kappa shape index (κ2) is 7.96. The minimum atomic E-state index is -3.50. The van der Waals surface area contributed by atoms with Gasteiger partial charge in [-0.2, -0.15) is 5.26 Å². The van der Waals surface area contributed by atoms with E-state index in [2.05, 4.69) is 11.8 Å². The number of piperidine rings is 1. The van der Waals surface area contributed by atoms with E-state index >= 15 is 0 Å². The van der Waals surface area contributed by atoms with Crippen LogP contribution < -0.4 is 0 Å². The van der Waals surface area contributed by atoms with Gasteiger partial charge in [-0.3, -0.25) is 0 Å². The molecule has 0 bridgehead atoms. The predicted octanol–water partition coefficient (Wildman–Crippen LogP) is 2.59. The molecule has 0 aromatic carbocycles. The van der Waals surface area contributed by atoms with E-state index in [-0.39, 0.29) is 6.04 Å². The molecule has 6 heteroatoms. The van der Waals surface area contributed by atoms with Crippen LogP contribution in [0.3, 0.4) is 0 Å². The number of rotatable bonds is 5. The van der Waals surface area contributed by atoms with Gasteiger partial charge in [-0.15, -0.1) is 0 Å². The maximum absolute atomic E-state index is 12.5. The molecule has 23 heavy (non-hydrogen) atoms. The Bertz CT molecular complexity index is 512. The molecule has 0 aromatic heterocycles. The van der Waals surface area contributed by atoms with Gasteiger partial charge in [-0.25, -0.2) is 12.7 Å². The van der Waals surface area contributed by atoms with E-state index in [0.29, 0.717) is 12.5 Å². The van der Waals surface area contributed by atoms with Crippen molar-refractivity contribution in [3.8, 4) is 6.07 Å². The molecule has 2 fully saturated rings. The molecule has 1 aliphatic heterocycles. The molecule has 0 aromatic rings. The molecule has 1 atom stereocenters. The van der Waals surface area contributed by atoms with Crippen LogP contribution in [-0.4, -0.2) is 55.1 Å². The Labute approximate surface area is 141 Å². The molecular formula is C17H31N3O2S. The fourth-order valence-electron chi connectivity index (χ4n) is 4.00. The van der Waals surface area contributed by atoms with Crippen LogP contribution in [0.4, 0.5) is 0 Å². The van der Waals surface area contributed by atoms with E-state index in [4.69, 9.17) is 5.26 Å². The number of nitriles is 1. The van der Waals surface area contributed by atoms with Gasteiger partial charge in [-0.05, 0) is 64.0 Å². The van der Waals surface area contributed by atoms with Crippen LogP contribution in [0.15, 0.2) is 0 Å². The van der Waals surface area contributed by atoms with Crippen molar-refractivity contribution in [2.45, 2.75) is 76.1 Å². The lowest BCUT2D eigenvalue weighted by Gasteiger charge is -2.42. The molecule has 5 nitrogen and oxygen atoms in total. The van der Waals surface area contributed by atoms with E-state index in [1.165, 1.54) is 30.0 Å². The molecule has 132 valence electrons. The second-order valence-corrected chi connectivity index (χ2v) is 9.44. The fraction of sp³-hybridized carbons (Fsp3) is 0.941. The van der Waals surface area contributed by atoms with Gasteiger partial charge in [-0.1, -0.05) is 13.8 Å². The zero-order chi connectivity index (χ0) is 17.0. The third kappa shape index (κ3) is 4.26. The molecule has 2 rings (SSSR count). The molecule has 0 N–H and O–H groups in total. The van der Waals surface area contributed by atoms with Gasteiger partial charge in [0.1, 0.15) is 0 Å². The van der Waals surface area contributed by atoms with E-state index < -0.39 is 15.3 Å². The normalized spacial score (nSPS) is 29.3. The van der Waals surface area contributed by atoms with Crippen LogP contribution in [-0.2, 0) is 10.0 Å². The summed E-state index contributed by atoms with van der Waals surface area (Å²) >= 11 is 0. The Balaban J connectivity index is 1.90. The first-order chi connectivity index (χ1) is 10.9. The average molecular weight is 342 g/mol. The quantitative estimate of drug-likeness (QED) is 0.771. The lowest BCUT2D eigenvalue weighted by Crippen LogP contribution is -2.50. The van der Waals surface area contributed by atoms with E-state index in [1.807, 2.05) is 6.07 Å². The monoisotopic (exact) mass is 341 g/mol. The van der Waals surface area contributed by atoms with Gasteiger partial charge in [0, 0.05) is 19.1 Å². The molecule has 1 aliphatic carbocycles. The van der Waals surface area contributed by atoms with Crippen LogP contribution in [0, 0.1) is 17.2 Å². The summed E-state index contributed by atoms with van der Waals surface area (Å²) in [5, 5.41) is 8.17. The topological polar surface area (TPSA) is 64.4 Å². The third-order valence-corrected chi connectivity index (χ3v) is 8.05. The Morgan fingerprint density at radius 2 is 1.74 bits per heavy atom. The Morgan fingerprint density at radius 1 is 1.17 bits per heavy atom. The zero-order valence-electron chi connectivity index (χ0n) is 14.7. The fourth-order valence-corrected chi connectivity index (χ4v) is 5.58. The summed E-state index contributed by atoms with van der Waals surface area (Å²) in [6, 6.07) is 2.67. The van der Waals surface area contributed by atoms with Crippen molar-refractivity contribution >= 4 is 10.0 Å². The van der Waals surface area contributed by atoms with Gasteiger partial charge in [0.15, 0.2) is 5.25 Å². The molecule has 1 saturated heterocycles. The minimum Gasteiger partial charge on any atom is -0.300 e. The first-order valence-corrected chi connectivity index (χ1v) is 10.5. The number of sulfonamides is 1. The first kappa shape index (κ1) is 18.7. The lowest BCUT2D eigenvalue weighted by atomic mass is 9.85. The molecule has 0 amide bonds. The molecule has 1 heterocycles. The van der Waals surface area contributed by atoms with Crippen LogP contribution in [0.25, 0.3) is 0 Å². The van der Waals surface area contributed by atoms with Crippen molar-refractivity contribution in [3.63, 3.8) is 0 Å². The maximum Gasteiger partial charge on any atom is 0.230 e. The average Bonchev–Trinajstić information content (AvgIpc) is 2.56. The Kier molecular flexibility index (Phi) is 6.47. The molecule has 1 saturated carbocycles. The summed E-state index contributed by atoms with van der Waals surface area (Å²) in [6.07, 6.45) is 7.31. The summed E-state index contributed by atoms with van der Waals surface area (Å²) in [6.45, 7) is 6.05. The largest absolute Gasteiger partial charge is 0.300 e. The number of nitrogens with zero attached hydrogens (tertiary/aromatic N) is 3. The standard InChI is InChI=1S/C17H31N3O2S/c1-4-17(13-18)23(21,22)19(3)15-9-11-20(12-10-15)16-7-5-14(2)6-8-16/h14-17H,4-12H2,1-3H3/t14?,16?,17-/m1/s1. The molecule has 0 radical (unpaired) electrons. The minimum absolute atomic E-state index is 0.0427. The van der Waals surface area contributed by atoms with Gasteiger partial charge in [0.05, 0.1) is 6.07 Å². The number of likely N-dealkylation sites (tertiary alicyclic amines) is 1. The van der Waals surface area contributed by atoms with Crippen LogP contribution in [0.1, 0.15) is 58.8 Å². The summed E-state index contributed by atoms with van der Waals surface area (Å²) in [7, 11) is -1.85. The van der Waals surface area contributed by atoms with Crippen molar-refractivity contribution in [2.24, 2.45) is 5.92 Å². The molecule has 2 aliphatic rings. The summed E-state index contributed by atoms with van der Waals surface area (Å²) < 4.78 is 26.5. The van der Waals surface area contributed by atoms with Gasteiger partial charge >= 0.3 is 0 Å². The molecule has 0 spiro atoms. The van der Waals surface area contributed by atoms with Crippen LogP contribution in [0.2, 0.25) is 0 Å². The first-order valence-electron chi connectivity index (χ1n) is 9.00. The van der Waals surface area contributed by atoms with Crippen LogP contribution in [0.5, 0.6) is 0 Å². The highest BCUT2D eigenvalue weighted by Gasteiger charge is 2.36. The zero-order valence-corrected chi connectivity index (χ0v) is 15.6. The van der Waals surface area contributed by atoms with E-state index in [9.17, 15) is 8.42 Å². The van der Waals surface area contributed by atoms with Gasteiger partial charge < -0.3 is 4.90 Å². The maximum atomic E-state index is 12.5. The van der Waals surface area contributed by atoms with Gasteiger partial charge in [0.2, 0.25) is 10.0 Å². The van der Waals surface area contributed by atoms with Crippen molar-refractivity contribution in [1.29, 1.82) is 5.26 Å². The summed E-state index contributed by atoms with van der Waals surface area (Å²) in [5.41, 5.74) is 0. The Hall–Kier alpha value is -0.640. The van der Waals surface area contributed by atoms with Crippen LogP contribution >= 0.6 is 0 Å². The summed E-state index contributed by atoms with van der Waals surface area (Å²) in [5.74, 6) is 0.858. The number of hydrogen-bond donors (Lipinski definition) is 0. The number of hydrogen-bond acceptors (Lipinski definition) is 4. The highest BCUT2D eigenvalue weighted by molar-refractivity contribution is 7.90. The molecule has 0 unspecified atom stereocenters. The summed E-state index contributed by atoms with van der Waals surface area (Å²) in [4.78, 5) is 2.56. The van der Waals surface area contributed by atoms with Crippen molar-refractivity contribution < 1.29 is 8.42 Å². The highest BCUT2D eigenvalue weighted by Crippen LogP contribution is 2.30. The lowest BCUT2D eigenvalue weighted by molar-refractivity contribution is 0.0929. The smallest absolute Gasteiger partial charge is 0.230 e. The van der Waals surface area contributed by atoms with E-state index in [1.54, 1.807) is 14.0 Å². The second-order valence-electron chi connectivity index (χ2n) is 7.27. The molecular weight excluding hydrogens is 310 g/mol. The predicted molar refractivity (Wildman–Crippen MR) is 92.4 cm³/mol. The van der Waals surface area contributed by atoms with Gasteiger partial charge in [0.25, 0.3) is 0 Å². The van der Waals surface area contributed by atoms with Crippen molar-refractivity contribution in [3.05, 3.63) is 0 Å². The highest BCUT2D eigenvalue weighted by atomic mass is 32.2.